The summed E-state index contributed by atoms with van der Waals surface area (Å²) in [6.45, 7) is 2.39. The van der Waals surface area contributed by atoms with E-state index in [1.807, 2.05) is 6.20 Å². The first-order valence-electron chi connectivity index (χ1n) is 7.31. The van der Waals surface area contributed by atoms with Gasteiger partial charge in [0.15, 0.2) is 0 Å². The third kappa shape index (κ3) is 2.25. The molecule has 1 heterocycles. The molecule has 2 heteroatoms. The van der Waals surface area contributed by atoms with Gasteiger partial charge in [0.25, 0.3) is 0 Å². The topological polar surface area (TPSA) is 24.9 Å². The normalized spacial score (nSPS) is 24.7. The van der Waals surface area contributed by atoms with E-state index in [9.17, 15) is 0 Å². The van der Waals surface area contributed by atoms with E-state index >= 15 is 0 Å². The largest absolute Gasteiger partial charge is 0.313 e. The van der Waals surface area contributed by atoms with Gasteiger partial charge in [-0.3, -0.25) is 4.98 Å². The molecule has 100 valence electrons. The summed E-state index contributed by atoms with van der Waals surface area (Å²) in [7, 11) is 2.08. The lowest BCUT2D eigenvalue weighted by molar-refractivity contribution is 0.316. The maximum Gasteiger partial charge on any atom is 0.0370 e. The van der Waals surface area contributed by atoms with Gasteiger partial charge in [-0.15, -0.1) is 0 Å². The van der Waals surface area contributed by atoms with Gasteiger partial charge in [-0.05, 0) is 36.3 Å². The second kappa shape index (κ2) is 5.30. The van der Waals surface area contributed by atoms with Crippen LogP contribution in [0.25, 0.3) is 10.8 Å². The highest BCUT2D eigenvalue weighted by Gasteiger charge is 2.31. The number of pyridine rings is 1. The van der Waals surface area contributed by atoms with Crippen molar-refractivity contribution >= 4 is 10.8 Å². The molecule has 0 amide bonds. The molecule has 0 spiro atoms. The molecule has 1 aliphatic rings. The Hall–Kier alpha value is -1.41. The summed E-state index contributed by atoms with van der Waals surface area (Å²) >= 11 is 0. The van der Waals surface area contributed by atoms with Crippen LogP contribution in [0.2, 0.25) is 0 Å². The lowest BCUT2D eigenvalue weighted by Gasteiger charge is -2.27. The molecule has 2 aromatic rings. The summed E-state index contributed by atoms with van der Waals surface area (Å²) < 4.78 is 0. The van der Waals surface area contributed by atoms with Crippen LogP contribution >= 0.6 is 0 Å². The van der Waals surface area contributed by atoms with Gasteiger partial charge in [-0.25, -0.2) is 0 Å². The smallest absolute Gasteiger partial charge is 0.0370 e. The molecule has 3 rings (SSSR count). The highest BCUT2D eigenvalue weighted by Crippen LogP contribution is 2.41. The highest BCUT2D eigenvalue weighted by atomic mass is 14.9. The summed E-state index contributed by atoms with van der Waals surface area (Å²) in [5.41, 5.74) is 1.36. The van der Waals surface area contributed by atoms with Crippen molar-refractivity contribution in [2.45, 2.75) is 32.2 Å². The van der Waals surface area contributed by atoms with Crippen LogP contribution in [0.15, 0.2) is 36.7 Å². The molecule has 0 radical (unpaired) electrons. The minimum Gasteiger partial charge on any atom is -0.313 e. The van der Waals surface area contributed by atoms with Crippen LogP contribution in [-0.2, 0) is 0 Å². The SMILES string of the molecule is CNC(c1cncc2ccccc12)C1CCCC1C. The summed E-state index contributed by atoms with van der Waals surface area (Å²) in [5.74, 6) is 1.54. The predicted molar refractivity (Wildman–Crippen MR) is 80.0 cm³/mol. The van der Waals surface area contributed by atoms with Crippen LogP contribution < -0.4 is 5.32 Å². The Kier molecular flexibility index (Phi) is 3.52. The molecular formula is C17H22N2. The van der Waals surface area contributed by atoms with Crippen molar-refractivity contribution in [1.82, 2.24) is 10.3 Å². The molecule has 0 bridgehead atoms. The van der Waals surface area contributed by atoms with Crippen LogP contribution in [-0.4, -0.2) is 12.0 Å². The molecule has 19 heavy (non-hydrogen) atoms. The Morgan fingerprint density at radius 2 is 2.05 bits per heavy atom. The zero-order valence-corrected chi connectivity index (χ0v) is 11.8. The molecule has 3 unspecified atom stereocenters. The van der Waals surface area contributed by atoms with Gasteiger partial charge in [0, 0.05) is 23.8 Å². The van der Waals surface area contributed by atoms with Gasteiger partial charge in [0.1, 0.15) is 0 Å². The lowest BCUT2D eigenvalue weighted by Crippen LogP contribution is -2.27. The molecule has 1 aromatic carbocycles. The van der Waals surface area contributed by atoms with E-state index in [1.165, 1.54) is 35.6 Å². The zero-order chi connectivity index (χ0) is 13.2. The van der Waals surface area contributed by atoms with E-state index in [4.69, 9.17) is 0 Å². The molecule has 0 saturated heterocycles. The molecule has 0 aliphatic heterocycles. The molecule has 2 nitrogen and oxygen atoms in total. The van der Waals surface area contributed by atoms with Crippen LogP contribution in [0.5, 0.6) is 0 Å². The quantitative estimate of drug-likeness (QED) is 0.897. The van der Waals surface area contributed by atoms with Crippen molar-refractivity contribution in [2.75, 3.05) is 7.05 Å². The maximum atomic E-state index is 4.44. The van der Waals surface area contributed by atoms with E-state index < -0.39 is 0 Å². The third-order valence-corrected chi connectivity index (χ3v) is 4.70. The fourth-order valence-corrected chi connectivity index (χ4v) is 3.66. The van der Waals surface area contributed by atoms with Gasteiger partial charge in [0.05, 0.1) is 0 Å². The number of hydrogen-bond donors (Lipinski definition) is 1. The first kappa shape index (κ1) is 12.6. The summed E-state index contributed by atoms with van der Waals surface area (Å²) in [6.07, 6.45) is 8.07. The number of rotatable bonds is 3. The van der Waals surface area contributed by atoms with Crippen molar-refractivity contribution in [3.05, 3.63) is 42.2 Å². The number of benzene rings is 1. The summed E-state index contributed by atoms with van der Waals surface area (Å²) in [6, 6.07) is 9.00. The van der Waals surface area contributed by atoms with Crippen LogP contribution in [0, 0.1) is 11.8 Å². The monoisotopic (exact) mass is 254 g/mol. The standard InChI is InChI=1S/C17H22N2/c1-12-6-5-9-14(12)17(18-2)16-11-19-10-13-7-3-4-8-15(13)16/h3-4,7-8,10-12,14,17-18H,5-6,9H2,1-2H3. The first-order valence-corrected chi connectivity index (χ1v) is 7.31. The molecule has 1 fully saturated rings. The molecule has 1 saturated carbocycles. The summed E-state index contributed by atoms with van der Waals surface area (Å²) in [4.78, 5) is 4.44. The Morgan fingerprint density at radius 1 is 1.21 bits per heavy atom. The van der Waals surface area contributed by atoms with Gasteiger partial charge in [0.2, 0.25) is 0 Å². The Labute approximate surface area is 115 Å². The minimum absolute atomic E-state index is 0.427. The van der Waals surface area contributed by atoms with E-state index in [-0.39, 0.29) is 0 Å². The van der Waals surface area contributed by atoms with Gasteiger partial charge >= 0.3 is 0 Å². The fourth-order valence-electron chi connectivity index (χ4n) is 3.66. The lowest BCUT2D eigenvalue weighted by atomic mass is 9.85. The van der Waals surface area contributed by atoms with Crippen molar-refractivity contribution in [1.29, 1.82) is 0 Å². The van der Waals surface area contributed by atoms with E-state index in [2.05, 4.69) is 54.7 Å². The van der Waals surface area contributed by atoms with Crippen LogP contribution in [0.3, 0.4) is 0 Å². The number of hydrogen-bond acceptors (Lipinski definition) is 2. The van der Waals surface area contributed by atoms with E-state index in [0.29, 0.717) is 6.04 Å². The average molecular weight is 254 g/mol. The van der Waals surface area contributed by atoms with Crippen molar-refractivity contribution in [2.24, 2.45) is 11.8 Å². The van der Waals surface area contributed by atoms with Gasteiger partial charge < -0.3 is 5.32 Å². The zero-order valence-electron chi connectivity index (χ0n) is 11.8. The average Bonchev–Trinajstić information content (AvgIpc) is 2.86. The van der Waals surface area contributed by atoms with Crippen molar-refractivity contribution in [3.8, 4) is 0 Å². The van der Waals surface area contributed by atoms with E-state index in [1.54, 1.807) is 0 Å². The number of aromatic nitrogens is 1. The number of nitrogens with one attached hydrogen (secondary N) is 1. The van der Waals surface area contributed by atoms with Crippen molar-refractivity contribution < 1.29 is 0 Å². The maximum absolute atomic E-state index is 4.44. The molecular weight excluding hydrogens is 232 g/mol. The molecule has 1 aliphatic carbocycles. The summed E-state index contributed by atoms with van der Waals surface area (Å²) in [5, 5.41) is 6.13. The van der Waals surface area contributed by atoms with Crippen molar-refractivity contribution in [3.63, 3.8) is 0 Å². The second-order valence-corrected chi connectivity index (χ2v) is 5.79. The van der Waals surface area contributed by atoms with Crippen LogP contribution in [0.1, 0.15) is 37.8 Å². The number of nitrogens with zero attached hydrogens (tertiary/aromatic N) is 1. The number of fused-ring (bicyclic) bond motifs is 1. The molecule has 1 N–H and O–H groups in total. The third-order valence-electron chi connectivity index (χ3n) is 4.70. The minimum atomic E-state index is 0.427. The Bertz CT molecular complexity index is 559. The van der Waals surface area contributed by atoms with E-state index in [0.717, 1.165) is 11.8 Å². The first-order chi connectivity index (χ1) is 9.31. The second-order valence-electron chi connectivity index (χ2n) is 5.79. The Balaban J connectivity index is 2.06. The van der Waals surface area contributed by atoms with Gasteiger partial charge in [-0.2, -0.15) is 0 Å². The predicted octanol–water partition coefficient (Wildman–Crippen LogP) is 3.93. The molecule has 3 atom stereocenters. The van der Waals surface area contributed by atoms with Gasteiger partial charge in [-0.1, -0.05) is 44.0 Å². The van der Waals surface area contributed by atoms with Crippen LogP contribution in [0.4, 0.5) is 0 Å². The molecule has 1 aromatic heterocycles. The fraction of sp³-hybridized carbons (Fsp3) is 0.471. The Morgan fingerprint density at radius 3 is 2.79 bits per heavy atom. The highest BCUT2D eigenvalue weighted by molar-refractivity contribution is 5.85.